The Balaban J connectivity index is 0.00000133. The Morgan fingerprint density at radius 3 is 2.63 bits per heavy atom. The molecule has 3 rings (SSSR count). The maximum absolute atomic E-state index is 12.3. The third-order valence-corrected chi connectivity index (χ3v) is 5.66. The standard InChI is InChI=1S/C14H24N2OS.ClH/c17-14(16-4-1-6-18-7-5-16)10-11-8-12-2-3-13(9-11)15-12;/h11-13,15H,1-10H2;1H. The number of piperidine rings is 1. The molecular formula is C14H25ClN2OS. The largest absolute Gasteiger partial charge is 0.342 e. The number of rotatable bonds is 2. The van der Waals surface area contributed by atoms with Gasteiger partial charge in [-0.3, -0.25) is 4.79 Å². The fraction of sp³-hybridized carbons (Fsp3) is 0.929. The Morgan fingerprint density at radius 2 is 1.89 bits per heavy atom. The van der Waals surface area contributed by atoms with Crippen molar-refractivity contribution < 1.29 is 4.79 Å². The first-order valence-electron chi connectivity index (χ1n) is 7.43. The molecule has 3 aliphatic heterocycles. The SMILES string of the molecule is Cl.O=C(CC1CC2CCC(C1)N2)N1CCCSCC1. The van der Waals surface area contributed by atoms with Crippen molar-refractivity contribution in [1.82, 2.24) is 10.2 Å². The second-order valence-electron chi connectivity index (χ2n) is 6.03. The summed E-state index contributed by atoms with van der Waals surface area (Å²) >= 11 is 1.99. The summed E-state index contributed by atoms with van der Waals surface area (Å²) in [4.78, 5) is 14.5. The summed E-state index contributed by atoms with van der Waals surface area (Å²) < 4.78 is 0. The van der Waals surface area contributed by atoms with Crippen LogP contribution in [0.1, 0.15) is 38.5 Å². The van der Waals surface area contributed by atoms with Gasteiger partial charge < -0.3 is 10.2 Å². The van der Waals surface area contributed by atoms with Gasteiger partial charge >= 0.3 is 0 Å². The van der Waals surface area contributed by atoms with Crippen LogP contribution in [0.15, 0.2) is 0 Å². The van der Waals surface area contributed by atoms with Crippen LogP contribution in [0, 0.1) is 5.92 Å². The number of amides is 1. The van der Waals surface area contributed by atoms with E-state index >= 15 is 0 Å². The summed E-state index contributed by atoms with van der Waals surface area (Å²) in [5, 5.41) is 3.65. The van der Waals surface area contributed by atoms with Gasteiger partial charge in [0, 0.05) is 37.3 Å². The van der Waals surface area contributed by atoms with Crippen molar-refractivity contribution in [2.45, 2.75) is 50.6 Å². The number of carbonyl (C=O) groups excluding carboxylic acids is 1. The van der Waals surface area contributed by atoms with Gasteiger partial charge in [-0.15, -0.1) is 12.4 Å². The minimum absolute atomic E-state index is 0. The van der Waals surface area contributed by atoms with Gasteiger partial charge in [0.1, 0.15) is 0 Å². The smallest absolute Gasteiger partial charge is 0.222 e. The van der Waals surface area contributed by atoms with Crippen LogP contribution in [0.5, 0.6) is 0 Å². The van der Waals surface area contributed by atoms with Crippen molar-refractivity contribution in [1.29, 1.82) is 0 Å². The zero-order valence-corrected chi connectivity index (χ0v) is 13.1. The number of halogens is 1. The lowest BCUT2D eigenvalue weighted by molar-refractivity contribution is -0.132. The molecule has 3 heterocycles. The molecule has 3 saturated heterocycles. The number of hydrogen-bond donors (Lipinski definition) is 1. The first-order chi connectivity index (χ1) is 8.81. The zero-order valence-electron chi connectivity index (χ0n) is 11.5. The molecule has 2 unspecified atom stereocenters. The van der Waals surface area contributed by atoms with E-state index in [0.29, 0.717) is 23.9 Å². The van der Waals surface area contributed by atoms with E-state index < -0.39 is 0 Å². The maximum atomic E-state index is 12.3. The summed E-state index contributed by atoms with van der Waals surface area (Å²) in [6.45, 7) is 1.96. The van der Waals surface area contributed by atoms with Crippen LogP contribution in [0.25, 0.3) is 0 Å². The number of nitrogens with zero attached hydrogens (tertiary/aromatic N) is 1. The summed E-state index contributed by atoms with van der Waals surface area (Å²) in [7, 11) is 0. The number of thioether (sulfide) groups is 1. The molecule has 3 nitrogen and oxygen atoms in total. The molecule has 0 saturated carbocycles. The Kier molecular flexibility index (Phi) is 5.85. The fourth-order valence-electron chi connectivity index (χ4n) is 3.71. The van der Waals surface area contributed by atoms with Crippen LogP contribution in [-0.4, -0.2) is 47.5 Å². The first kappa shape index (κ1) is 15.5. The monoisotopic (exact) mass is 304 g/mol. The summed E-state index contributed by atoms with van der Waals surface area (Å²) in [5.41, 5.74) is 0. The molecular weight excluding hydrogens is 280 g/mol. The molecule has 3 aliphatic rings. The van der Waals surface area contributed by atoms with Gasteiger partial charge in [-0.1, -0.05) is 0 Å². The van der Waals surface area contributed by atoms with E-state index in [0.717, 1.165) is 25.3 Å². The average Bonchev–Trinajstić information content (AvgIpc) is 2.59. The number of nitrogens with one attached hydrogen (secondary N) is 1. The number of hydrogen-bond acceptors (Lipinski definition) is 3. The van der Waals surface area contributed by atoms with Crippen molar-refractivity contribution in [3.63, 3.8) is 0 Å². The lowest BCUT2D eigenvalue weighted by Crippen LogP contribution is -2.41. The van der Waals surface area contributed by atoms with Crippen molar-refractivity contribution >= 4 is 30.1 Å². The predicted molar refractivity (Wildman–Crippen MR) is 83.1 cm³/mol. The molecule has 5 heteroatoms. The van der Waals surface area contributed by atoms with E-state index in [-0.39, 0.29) is 12.4 Å². The third kappa shape index (κ3) is 4.02. The molecule has 110 valence electrons. The van der Waals surface area contributed by atoms with Gasteiger partial charge in [0.25, 0.3) is 0 Å². The van der Waals surface area contributed by atoms with Crippen molar-refractivity contribution in [2.24, 2.45) is 5.92 Å². The van der Waals surface area contributed by atoms with E-state index in [1.165, 1.54) is 37.9 Å². The highest BCUT2D eigenvalue weighted by Crippen LogP contribution is 2.33. The average molecular weight is 305 g/mol. The predicted octanol–water partition coefficient (Wildman–Crippen LogP) is 2.29. The van der Waals surface area contributed by atoms with Gasteiger partial charge in [-0.25, -0.2) is 0 Å². The lowest BCUT2D eigenvalue weighted by Gasteiger charge is -2.30. The van der Waals surface area contributed by atoms with E-state index in [2.05, 4.69) is 10.2 Å². The fourth-order valence-corrected chi connectivity index (χ4v) is 4.60. The van der Waals surface area contributed by atoms with E-state index in [1.54, 1.807) is 0 Å². The van der Waals surface area contributed by atoms with Gasteiger partial charge in [-0.05, 0) is 43.8 Å². The molecule has 1 amide bonds. The number of carbonyl (C=O) groups is 1. The van der Waals surface area contributed by atoms with Crippen LogP contribution in [0.3, 0.4) is 0 Å². The van der Waals surface area contributed by atoms with Crippen LogP contribution >= 0.6 is 24.2 Å². The third-order valence-electron chi connectivity index (χ3n) is 4.61. The second kappa shape index (κ2) is 7.19. The van der Waals surface area contributed by atoms with Crippen LogP contribution in [-0.2, 0) is 4.79 Å². The summed E-state index contributed by atoms with van der Waals surface area (Å²) in [6, 6.07) is 1.42. The topological polar surface area (TPSA) is 32.3 Å². The molecule has 2 bridgehead atoms. The molecule has 19 heavy (non-hydrogen) atoms. The molecule has 2 atom stereocenters. The summed E-state index contributed by atoms with van der Waals surface area (Å²) in [5.74, 6) is 3.42. The lowest BCUT2D eigenvalue weighted by atomic mass is 9.89. The second-order valence-corrected chi connectivity index (χ2v) is 7.25. The highest BCUT2D eigenvalue weighted by atomic mass is 35.5. The van der Waals surface area contributed by atoms with Gasteiger partial charge in [-0.2, -0.15) is 11.8 Å². The van der Waals surface area contributed by atoms with Gasteiger partial charge in [0.2, 0.25) is 5.91 Å². The molecule has 0 aliphatic carbocycles. The molecule has 0 aromatic carbocycles. The summed E-state index contributed by atoms with van der Waals surface area (Å²) in [6.07, 6.45) is 7.09. The Bertz CT molecular complexity index is 296. The minimum atomic E-state index is 0. The maximum Gasteiger partial charge on any atom is 0.222 e. The highest BCUT2D eigenvalue weighted by Gasteiger charge is 2.34. The van der Waals surface area contributed by atoms with Crippen molar-refractivity contribution in [3.05, 3.63) is 0 Å². The van der Waals surface area contributed by atoms with Crippen molar-refractivity contribution in [2.75, 3.05) is 24.6 Å². The Hall–Kier alpha value is 0.0700. The van der Waals surface area contributed by atoms with E-state index in [1.807, 2.05) is 11.8 Å². The van der Waals surface area contributed by atoms with E-state index in [9.17, 15) is 4.79 Å². The molecule has 1 N–H and O–H groups in total. The number of fused-ring (bicyclic) bond motifs is 2. The Morgan fingerprint density at radius 1 is 1.16 bits per heavy atom. The molecule has 3 fully saturated rings. The Labute approximate surface area is 126 Å². The van der Waals surface area contributed by atoms with Gasteiger partial charge in [0.05, 0.1) is 0 Å². The zero-order chi connectivity index (χ0) is 12.4. The molecule has 0 radical (unpaired) electrons. The van der Waals surface area contributed by atoms with E-state index in [4.69, 9.17) is 0 Å². The van der Waals surface area contributed by atoms with Crippen LogP contribution in [0.2, 0.25) is 0 Å². The molecule has 0 spiro atoms. The molecule has 0 aromatic heterocycles. The van der Waals surface area contributed by atoms with Crippen LogP contribution in [0.4, 0.5) is 0 Å². The van der Waals surface area contributed by atoms with Crippen molar-refractivity contribution in [3.8, 4) is 0 Å². The first-order valence-corrected chi connectivity index (χ1v) is 8.58. The highest BCUT2D eigenvalue weighted by molar-refractivity contribution is 7.99. The molecule has 0 aromatic rings. The van der Waals surface area contributed by atoms with Crippen LogP contribution < -0.4 is 5.32 Å². The van der Waals surface area contributed by atoms with Gasteiger partial charge in [0.15, 0.2) is 0 Å². The quantitative estimate of drug-likeness (QED) is 0.849. The minimum Gasteiger partial charge on any atom is -0.342 e. The normalized spacial score (nSPS) is 34.5.